The van der Waals surface area contributed by atoms with Gasteiger partial charge < -0.3 is 24.3 Å². The van der Waals surface area contributed by atoms with Crippen LogP contribution in [0.5, 0.6) is 0 Å². The monoisotopic (exact) mass is 221 g/mol. The molecule has 0 unspecified atom stereocenters. The largest absolute Gasteiger partial charge is 0.382 e. The molecule has 5 heteroatoms. The van der Waals surface area contributed by atoms with E-state index in [0.717, 1.165) is 0 Å². The Hall–Kier alpha value is -0.200. The van der Waals surface area contributed by atoms with Gasteiger partial charge in [0.15, 0.2) is 0 Å². The summed E-state index contributed by atoms with van der Waals surface area (Å²) >= 11 is 0. The van der Waals surface area contributed by atoms with E-state index in [9.17, 15) is 0 Å². The first-order chi connectivity index (χ1) is 7.35. The minimum Gasteiger partial charge on any atom is -0.382 e. The number of rotatable bonds is 11. The first kappa shape index (κ1) is 14.8. The van der Waals surface area contributed by atoms with Gasteiger partial charge in [-0.05, 0) is 7.05 Å². The molecule has 0 rings (SSSR count). The van der Waals surface area contributed by atoms with E-state index in [2.05, 4.69) is 5.32 Å². The van der Waals surface area contributed by atoms with Gasteiger partial charge in [-0.15, -0.1) is 0 Å². The molecule has 0 amide bonds. The molecular formula is C10H23NO4. The van der Waals surface area contributed by atoms with Crippen LogP contribution in [0.25, 0.3) is 0 Å². The van der Waals surface area contributed by atoms with Gasteiger partial charge in [0.25, 0.3) is 0 Å². The van der Waals surface area contributed by atoms with E-state index >= 15 is 0 Å². The fourth-order valence-electron chi connectivity index (χ4n) is 0.950. The van der Waals surface area contributed by atoms with Crippen molar-refractivity contribution in [2.75, 3.05) is 60.9 Å². The molecular weight excluding hydrogens is 198 g/mol. The predicted octanol–water partition coefficient (Wildman–Crippen LogP) is -0.0996. The number of hydrogen-bond donors (Lipinski definition) is 1. The second-order valence-corrected chi connectivity index (χ2v) is 3.12. The summed E-state index contributed by atoms with van der Waals surface area (Å²) in [6.45, 7) is 3.75. The number of methoxy groups -OCH3 is 2. The molecule has 0 aromatic heterocycles. The van der Waals surface area contributed by atoms with Gasteiger partial charge in [-0.3, -0.25) is 0 Å². The van der Waals surface area contributed by atoms with E-state index in [1.807, 2.05) is 7.05 Å². The van der Waals surface area contributed by atoms with Gasteiger partial charge in [0.1, 0.15) is 0 Å². The fraction of sp³-hybridized carbons (Fsp3) is 1.00. The maximum Gasteiger partial charge on any atom is 0.0701 e. The Morgan fingerprint density at radius 3 is 1.67 bits per heavy atom. The molecule has 1 N–H and O–H groups in total. The molecule has 0 aliphatic heterocycles. The van der Waals surface area contributed by atoms with E-state index in [0.29, 0.717) is 39.6 Å². The second kappa shape index (κ2) is 11.9. The van der Waals surface area contributed by atoms with Crippen LogP contribution in [0.2, 0.25) is 0 Å². The average Bonchev–Trinajstić information content (AvgIpc) is 2.27. The van der Waals surface area contributed by atoms with Crippen LogP contribution in [0.15, 0.2) is 0 Å². The van der Waals surface area contributed by atoms with Crippen LogP contribution >= 0.6 is 0 Å². The van der Waals surface area contributed by atoms with Crippen molar-refractivity contribution in [3.63, 3.8) is 0 Å². The van der Waals surface area contributed by atoms with Crippen molar-refractivity contribution in [3.05, 3.63) is 0 Å². The maximum absolute atomic E-state index is 5.39. The Bertz CT molecular complexity index is 112. The molecule has 0 bridgehead atoms. The topological polar surface area (TPSA) is 49.0 Å². The molecule has 0 spiro atoms. The number of likely N-dealkylation sites (N-methyl/N-ethyl adjacent to an activating group) is 1. The Labute approximate surface area is 92.0 Å². The molecule has 0 fully saturated rings. The van der Waals surface area contributed by atoms with Crippen molar-refractivity contribution in [2.45, 2.75) is 6.04 Å². The van der Waals surface area contributed by atoms with E-state index in [-0.39, 0.29) is 6.04 Å². The third-order valence-electron chi connectivity index (χ3n) is 1.91. The third-order valence-corrected chi connectivity index (χ3v) is 1.91. The van der Waals surface area contributed by atoms with E-state index < -0.39 is 0 Å². The van der Waals surface area contributed by atoms with Crippen LogP contribution < -0.4 is 5.32 Å². The van der Waals surface area contributed by atoms with E-state index in [4.69, 9.17) is 18.9 Å². The molecule has 15 heavy (non-hydrogen) atoms. The summed E-state index contributed by atoms with van der Waals surface area (Å²) in [5, 5.41) is 3.12. The molecule has 0 aromatic rings. The SMILES string of the molecule is CNC(COCCOC)COCCOC. The van der Waals surface area contributed by atoms with Crippen molar-refractivity contribution in [1.82, 2.24) is 5.32 Å². The highest BCUT2D eigenvalue weighted by Gasteiger charge is 2.05. The third kappa shape index (κ3) is 10.1. The average molecular weight is 221 g/mol. The van der Waals surface area contributed by atoms with Crippen LogP contribution in [0.3, 0.4) is 0 Å². The van der Waals surface area contributed by atoms with Gasteiger partial charge >= 0.3 is 0 Å². The Morgan fingerprint density at radius 2 is 1.33 bits per heavy atom. The van der Waals surface area contributed by atoms with Crippen molar-refractivity contribution >= 4 is 0 Å². The van der Waals surface area contributed by atoms with Gasteiger partial charge in [-0.1, -0.05) is 0 Å². The lowest BCUT2D eigenvalue weighted by Gasteiger charge is -2.16. The Balaban J connectivity index is 3.29. The summed E-state index contributed by atoms with van der Waals surface area (Å²) in [5.41, 5.74) is 0. The zero-order valence-corrected chi connectivity index (χ0v) is 9.95. The lowest BCUT2D eigenvalue weighted by Crippen LogP contribution is -2.35. The summed E-state index contributed by atoms with van der Waals surface area (Å²) in [4.78, 5) is 0. The van der Waals surface area contributed by atoms with Crippen LogP contribution in [-0.4, -0.2) is 67.0 Å². The highest BCUT2D eigenvalue weighted by atomic mass is 16.5. The first-order valence-electron chi connectivity index (χ1n) is 5.15. The Kier molecular flexibility index (Phi) is 11.7. The Morgan fingerprint density at radius 1 is 0.867 bits per heavy atom. The molecule has 0 saturated heterocycles. The highest BCUT2D eigenvalue weighted by molar-refractivity contribution is 4.61. The molecule has 92 valence electrons. The zero-order valence-electron chi connectivity index (χ0n) is 9.95. The first-order valence-corrected chi connectivity index (χ1v) is 5.15. The quantitative estimate of drug-likeness (QED) is 0.494. The molecule has 0 radical (unpaired) electrons. The fourth-order valence-corrected chi connectivity index (χ4v) is 0.950. The van der Waals surface area contributed by atoms with Crippen LogP contribution in [-0.2, 0) is 18.9 Å². The summed E-state index contributed by atoms with van der Waals surface area (Å²) in [6, 6.07) is 0.221. The highest BCUT2D eigenvalue weighted by Crippen LogP contribution is 1.88. The molecule has 0 atom stereocenters. The van der Waals surface area contributed by atoms with Crippen molar-refractivity contribution in [1.29, 1.82) is 0 Å². The minimum absolute atomic E-state index is 0.221. The number of hydrogen-bond acceptors (Lipinski definition) is 5. The standard InChI is InChI=1S/C10H23NO4/c1-11-10(8-14-6-4-12-2)9-15-7-5-13-3/h10-11H,4-9H2,1-3H3. The molecule has 0 aliphatic rings. The van der Waals surface area contributed by atoms with Crippen LogP contribution in [0.1, 0.15) is 0 Å². The van der Waals surface area contributed by atoms with Gasteiger partial charge in [-0.2, -0.15) is 0 Å². The number of nitrogens with one attached hydrogen (secondary N) is 1. The van der Waals surface area contributed by atoms with Crippen molar-refractivity contribution < 1.29 is 18.9 Å². The second-order valence-electron chi connectivity index (χ2n) is 3.12. The summed E-state index contributed by atoms with van der Waals surface area (Å²) < 4.78 is 20.5. The lowest BCUT2D eigenvalue weighted by atomic mass is 10.3. The molecule has 5 nitrogen and oxygen atoms in total. The maximum atomic E-state index is 5.39. The van der Waals surface area contributed by atoms with Crippen molar-refractivity contribution in [2.24, 2.45) is 0 Å². The van der Waals surface area contributed by atoms with Gasteiger partial charge in [-0.25, -0.2) is 0 Å². The smallest absolute Gasteiger partial charge is 0.0701 e. The predicted molar refractivity (Wildman–Crippen MR) is 58.2 cm³/mol. The van der Waals surface area contributed by atoms with Crippen molar-refractivity contribution in [3.8, 4) is 0 Å². The van der Waals surface area contributed by atoms with Gasteiger partial charge in [0, 0.05) is 14.2 Å². The normalized spacial score (nSPS) is 11.2. The molecule has 0 aromatic carbocycles. The molecule has 0 aliphatic carbocycles. The van der Waals surface area contributed by atoms with Crippen LogP contribution in [0, 0.1) is 0 Å². The molecule has 0 heterocycles. The molecule has 0 saturated carbocycles. The van der Waals surface area contributed by atoms with Gasteiger partial charge in [0.05, 0.1) is 45.7 Å². The minimum atomic E-state index is 0.221. The zero-order chi connectivity index (χ0) is 11.4. The number of ether oxygens (including phenoxy) is 4. The van der Waals surface area contributed by atoms with E-state index in [1.165, 1.54) is 0 Å². The summed E-state index contributed by atoms with van der Waals surface area (Å²) in [5.74, 6) is 0. The van der Waals surface area contributed by atoms with Crippen LogP contribution in [0.4, 0.5) is 0 Å². The van der Waals surface area contributed by atoms with Gasteiger partial charge in [0.2, 0.25) is 0 Å². The summed E-state index contributed by atoms with van der Waals surface area (Å²) in [6.07, 6.45) is 0. The summed E-state index contributed by atoms with van der Waals surface area (Å²) in [7, 11) is 5.21. The lowest BCUT2D eigenvalue weighted by molar-refractivity contribution is 0.0215. The van der Waals surface area contributed by atoms with E-state index in [1.54, 1.807) is 14.2 Å².